The molecule has 0 aliphatic rings. The number of aromatic nitrogens is 3. The Labute approximate surface area is 174 Å². The molecule has 0 fully saturated rings. The lowest BCUT2D eigenvalue weighted by molar-refractivity contribution is -0.119. The van der Waals surface area contributed by atoms with Gasteiger partial charge in [0.25, 0.3) is 5.56 Å². The quantitative estimate of drug-likeness (QED) is 0.721. The summed E-state index contributed by atoms with van der Waals surface area (Å²) in [6, 6.07) is 8.40. The zero-order valence-corrected chi connectivity index (χ0v) is 18.6. The number of ketones is 1. The number of carbonyl (C=O) groups excluding carboxylic acids is 1. The molecule has 0 spiro atoms. The molecule has 3 aromatic rings. The van der Waals surface area contributed by atoms with Gasteiger partial charge in [-0.25, -0.2) is 0 Å². The van der Waals surface area contributed by atoms with Crippen LogP contribution in [-0.2, 0) is 11.3 Å². The van der Waals surface area contributed by atoms with Crippen LogP contribution in [0.1, 0.15) is 48.8 Å². The topological polar surface area (TPSA) is 67.8 Å². The van der Waals surface area contributed by atoms with Crippen LogP contribution in [0.3, 0.4) is 0 Å². The zero-order valence-electron chi connectivity index (χ0n) is 17.8. The van der Waals surface area contributed by atoms with Crippen molar-refractivity contribution in [3.05, 3.63) is 71.9 Å². The number of carbonyl (C=O) groups is 1. The van der Waals surface area contributed by atoms with Crippen LogP contribution >= 0.6 is 11.3 Å². The second-order valence-electron chi connectivity index (χ2n) is 8.42. The average molecular weight is 410 g/mol. The van der Waals surface area contributed by atoms with Crippen LogP contribution in [0.25, 0.3) is 12.2 Å². The van der Waals surface area contributed by atoms with Gasteiger partial charge < -0.3 is 4.98 Å². The summed E-state index contributed by atoms with van der Waals surface area (Å²) in [5, 5.41) is 4.66. The van der Waals surface area contributed by atoms with E-state index in [1.54, 1.807) is 0 Å². The molecular formula is C23H27N3O2S. The van der Waals surface area contributed by atoms with Gasteiger partial charge in [0.05, 0.1) is 21.4 Å². The first-order valence-corrected chi connectivity index (χ1v) is 10.4. The maximum atomic E-state index is 12.4. The van der Waals surface area contributed by atoms with Gasteiger partial charge in [-0.1, -0.05) is 50.6 Å². The van der Waals surface area contributed by atoms with Gasteiger partial charge in [0.15, 0.2) is 5.78 Å². The largest absolute Gasteiger partial charge is 0.313 e. The monoisotopic (exact) mass is 409 g/mol. The number of nitrogens with zero attached hydrogens (tertiary/aromatic N) is 2. The standard InChI is InChI=1S/C23H27N3O2S/c1-14-7-9-17(10-8-14)13-26-16(3)18(15(2)25-26)11-19-22(28)24-21(29-19)12-20(27)23(4,5)6/h7-12H,13H2,1-6H3,(H,24,28)/b19-11-,21-12-. The molecule has 0 radical (unpaired) electrons. The highest BCUT2D eigenvalue weighted by atomic mass is 32.1. The van der Waals surface area contributed by atoms with Crippen molar-refractivity contribution in [3.8, 4) is 0 Å². The number of aromatic amines is 1. The molecule has 0 aliphatic carbocycles. The van der Waals surface area contributed by atoms with Crippen LogP contribution in [0.5, 0.6) is 0 Å². The maximum Gasteiger partial charge on any atom is 0.266 e. The predicted octanol–water partition coefficient (Wildman–Crippen LogP) is 2.83. The van der Waals surface area contributed by atoms with E-state index in [9.17, 15) is 9.59 Å². The van der Waals surface area contributed by atoms with Crippen molar-refractivity contribution in [1.82, 2.24) is 14.8 Å². The fraction of sp³-hybridized carbons (Fsp3) is 0.348. The van der Waals surface area contributed by atoms with Gasteiger partial charge in [-0.2, -0.15) is 5.10 Å². The Bertz CT molecular complexity index is 1220. The van der Waals surface area contributed by atoms with E-state index in [2.05, 4.69) is 41.3 Å². The third-order valence-electron chi connectivity index (χ3n) is 4.85. The minimum atomic E-state index is -0.477. The number of hydrogen-bond acceptors (Lipinski definition) is 4. The molecule has 2 aromatic heterocycles. The molecule has 1 aromatic carbocycles. The minimum absolute atomic E-state index is 0.0140. The first kappa shape index (κ1) is 21.0. The highest BCUT2D eigenvalue weighted by Crippen LogP contribution is 2.16. The Balaban J connectivity index is 1.98. The Morgan fingerprint density at radius 3 is 2.45 bits per heavy atom. The van der Waals surface area contributed by atoms with Crippen molar-refractivity contribution in [2.45, 2.75) is 48.1 Å². The molecule has 3 rings (SSSR count). The molecule has 29 heavy (non-hydrogen) atoms. The van der Waals surface area contributed by atoms with Crippen molar-refractivity contribution in [2.24, 2.45) is 5.41 Å². The number of rotatable bonds is 4. The maximum absolute atomic E-state index is 12.4. The van der Waals surface area contributed by atoms with Crippen molar-refractivity contribution in [1.29, 1.82) is 0 Å². The predicted molar refractivity (Wildman–Crippen MR) is 119 cm³/mol. The van der Waals surface area contributed by atoms with Crippen molar-refractivity contribution < 1.29 is 4.79 Å². The van der Waals surface area contributed by atoms with E-state index in [-0.39, 0.29) is 11.3 Å². The molecular weight excluding hydrogens is 382 g/mol. The van der Waals surface area contributed by atoms with Crippen LogP contribution < -0.4 is 14.8 Å². The van der Waals surface area contributed by atoms with Crippen LogP contribution in [0.2, 0.25) is 0 Å². The summed E-state index contributed by atoms with van der Waals surface area (Å²) in [7, 11) is 0. The van der Waals surface area contributed by atoms with Crippen molar-refractivity contribution >= 4 is 29.3 Å². The Morgan fingerprint density at radius 2 is 1.83 bits per heavy atom. The Hall–Kier alpha value is -2.73. The smallest absolute Gasteiger partial charge is 0.266 e. The molecule has 0 amide bonds. The molecule has 1 N–H and O–H groups in total. The number of benzene rings is 1. The van der Waals surface area contributed by atoms with Crippen LogP contribution in [0, 0.1) is 26.2 Å². The Morgan fingerprint density at radius 1 is 1.17 bits per heavy atom. The third kappa shape index (κ3) is 4.82. The highest BCUT2D eigenvalue weighted by molar-refractivity contribution is 7.07. The molecule has 0 aliphatic heterocycles. The van der Waals surface area contributed by atoms with Gasteiger partial charge in [0, 0.05) is 22.7 Å². The number of Topliss-reactive ketones (excluding diaryl/α,β-unsaturated/α-hetero) is 1. The molecule has 0 saturated carbocycles. The van der Waals surface area contributed by atoms with Gasteiger partial charge in [0.1, 0.15) is 0 Å². The summed E-state index contributed by atoms with van der Waals surface area (Å²) in [4.78, 5) is 27.4. The Kier molecular flexibility index (Phi) is 5.75. The van der Waals surface area contributed by atoms with E-state index in [1.807, 2.05) is 45.4 Å². The molecule has 0 atom stereocenters. The van der Waals surface area contributed by atoms with E-state index in [0.717, 1.165) is 17.0 Å². The van der Waals surface area contributed by atoms with Crippen molar-refractivity contribution in [3.63, 3.8) is 0 Å². The lowest BCUT2D eigenvalue weighted by atomic mass is 9.91. The number of hydrogen-bond donors (Lipinski definition) is 1. The molecule has 5 nitrogen and oxygen atoms in total. The fourth-order valence-electron chi connectivity index (χ4n) is 2.93. The van der Waals surface area contributed by atoms with Crippen LogP contribution in [-0.4, -0.2) is 20.5 Å². The number of aryl methyl sites for hydroxylation is 2. The highest BCUT2D eigenvalue weighted by Gasteiger charge is 2.18. The summed E-state index contributed by atoms with van der Waals surface area (Å²) in [6.45, 7) is 12.3. The molecule has 0 saturated heterocycles. The van der Waals surface area contributed by atoms with Gasteiger partial charge in [-0.05, 0) is 32.4 Å². The molecule has 152 valence electrons. The summed E-state index contributed by atoms with van der Waals surface area (Å²) in [5.41, 5.74) is 4.57. The lowest BCUT2D eigenvalue weighted by Crippen LogP contribution is -2.22. The second-order valence-corrected chi connectivity index (χ2v) is 9.50. The number of nitrogens with one attached hydrogen (secondary N) is 1. The van der Waals surface area contributed by atoms with Crippen LogP contribution in [0.4, 0.5) is 0 Å². The van der Waals surface area contributed by atoms with Crippen LogP contribution in [0.15, 0.2) is 29.1 Å². The molecule has 0 unspecified atom stereocenters. The number of H-pyrrole nitrogens is 1. The van der Waals surface area contributed by atoms with E-state index in [4.69, 9.17) is 0 Å². The first-order valence-electron chi connectivity index (χ1n) is 9.61. The third-order valence-corrected chi connectivity index (χ3v) is 5.81. The average Bonchev–Trinajstić information content (AvgIpc) is 3.10. The normalized spacial score (nSPS) is 13.3. The number of thiazole rings is 1. The summed E-state index contributed by atoms with van der Waals surface area (Å²) in [6.07, 6.45) is 3.38. The second kappa shape index (κ2) is 7.95. The van der Waals surface area contributed by atoms with E-state index in [0.29, 0.717) is 15.7 Å². The first-order chi connectivity index (χ1) is 13.5. The summed E-state index contributed by atoms with van der Waals surface area (Å²) >= 11 is 1.29. The van der Waals surface area contributed by atoms with Gasteiger partial charge >= 0.3 is 0 Å². The minimum Gasteiger partial charge on any atom is -0.313 e. The summed E-state index contributed by atoms with van der Waals surface area (Å²) < 4.78 is 3.10. The zero-order chi connectivity index (χ0) is 21.3. The summed E-state index contributed by atoms with van der Waals surface area (Å²) in [5.74, 6) is -0.0140. The van der Waals surface area contributed by atoms with Gasteiger partial charge in [-0.3, -0.25) is 14.3 Å². The van der Waals surface area contributed by atoms with E-state index >= 15 is 0 Å². The van der Waals surface area contributed by atoms with E-state index < -0.39 is 5.41 Å². The lowest BCUT2D eigenvalue weighted by Gasteiger charge is -2.12. The SMILES string of the molecule is Cc1ccc(Cn2nc(C)c(/C=c3\s/c(=C\C(=O)C(C)(C)C)[nH]c3=O)c2C)cc1. The van der Waals surface area contributed by atoms with Gasteiger partial charge in [0.2, 0.25) is 0 Å². The molecule has 0 bridgehead atoms. The fourth-order valence-corrected chi connectivity index (χ4v) is 3.80. The van der Waals surface area contributed by atoms with E-state index in [1.165, 1.54) is 28.5 Å². The van der Waals surface area contributed by atoms with Crippen molar-refractivity contribution in [2.75, 3.05) is 0 Å². The molecule has 6 heteroatoms. The van der Waals surface area contributed by atoms with Gasteiger partial charge in [-0.15, -0.1) is 11.3 Å². The molecule has 2 heterocycles.